The highest BCUT2D eigenvalue weighted by Gasteiger charge is 2.35. The first-order valence-electron chi connectivity index (χ1n) is 7.29. The van der Waals surface area contributed by atoms with E-state index in [0.717, 1.165) is 0 Å². The average molecular weight is 360 g/mol. The summed E-state index contributed by atoms with van der Waals surface area (Å²) >= 11 is 6.11. The van der Waals surface area contributed by atoms with Crippen LogP contribution in [-0.2, 0) is 24.2 Å². The molecule has 0 aliphatic carbocycles. The second-order valence-corrected chi connectivity index (χ2v) is 7.89. The van der Waals surface area contributed by atoms with Crippen molar-refractivity contribution in [3.63, 3.8) is 0 Å². The summed E-state index contributed by atoms with van der Waals surface area (Å²) in [5.41, 5.74) is 0.527. The zero-order valence-electron chi connectivity index (χ0n) is 12.7. The fourth-order valence-corrected chi connectivity index (χ4v) is 4.70. The van der Waals surface area contributed by atoms with Crippen molar-refractivity contribution >= 4 is 33.3 Å². The number of nitrogens with zero attached hydrogens (tertiary/aromatic N) is 1. The van der Waals surface area contributed by atoms with E-state index in [2.05, 4.69) is 4.74 Å². The van der Waals surface area contributed by atoms with E-state index in [1.165, 1.54) is 4.90 Å². The van der Waals surface area contributed by atoms with Crippen LogP contribution in [-0.4, -0.2) is 50.6 Å². The third-order valence-corrected chi connectivity index (χ3v) is 6.18. The molecule has 0 bridgehead atoms. The van der Waals surface area contributed by atoms with Gasteiger partial charge in [-0.05, 0) is 25.0 Å². The monoisotopic (exact) mass is 359 g/mol. The predicted molar refractivity (Wildman–Crippen MR) is 85.8 cm³/mol. The van der Waals surface area contributed by atoms with Gasteiger partial charge in [-0.2, -0.15) is 0 Å². The molecule has 1 saturated heterocycles. The van der Waals surface area contributed by atoms with Gasteiger partial charge in [0.25, 0.3) is 0 Å². The summed E-state index contributed by atoms with van der Waals surface area (Å²) in [7, 11) is -3.47. The first kappa shape index (κ1) is 17.7. The molecule has 1 fully saturated rings. The maximum atomic E-state index is 12.5. The van der Waals surface area contributed by atoms with Crippen LogP contribution >= 0.6 is 11.6 Å². The number of amides is 1. The van der Waals surface area contributed by atoms with Crippen LogP contribution in [0.5, 0.6) is 0 Å². The number of rotatable bonds is 2. The lowest BCUT2D eigenvalue weighted by atomic mass is 10.1. The summed E-state index contributed by atoms with van der Waals surface area (Å²) < 4.78 is 29.7. The molecule has 0 radical (unpaired) electrons. The summed E-state index contributed by atoms with van der Waals surface area (Å²) in [6.45, 7) is 1.83. The SMILES string of the molecule is CCOC(=O)C(=O)N1CCC(c2ccccc2Cl)S(=O)(=O)CC1. The maximum absolute atomic E-state index is 12.5. The average Bonchev–Trinajstić information content (AvgIpc) is 2.66. The van der Waals surface area contributed by atoms with E-state index in [0.29, 0.717) is 10.6 Å². The number of ether oxygens (including phenoxy) is 1. The smallest absolute Gasteiger partial charge is 0.397 e. The van der Waals surface area contributed by atoms with Gasteiger partial charge in [-0.25, -0.2) is 13.2 Å². The van der Waals surface area contributed by atoms with Crippen LogP contribution in [0, 0.1) is 0 Å². The normalized spacial score (nSPS) is 20.6. The molecular formula is C15H18ClNO5S. The molecule has 1 heterocycles. The number of halogens is 1. The quantitative estimate of drug-likeness (QED) is 0.591. The molecular weight excluding hydrogens is 342 g/mol. The molecule has 6 nitrogen and oxygen atoms in total. The van der Waals surface area contributed by atoms with E-state index in [-0.39, 0.29) is 31.9 Å². The van der Waals surface area contributed by atoms with Crippen LogP contribution in [0.4, 0.5) is 0 Å². The van der Waals surface area contributed by atoms with Gasteiger partial charge in [0, 0.05) is 18.1 Å². The van der Waals surface area contributed by atoms with Crippen LogP contribution in [0.25, 0.3) is 0 Å². The summed E-state index contributed by atoms with van der Waals surface area (Å²) in [4.78, 5) is 24.8. The van der Waals surface area contributed by atoms with Crippen molar-refractivity contribution in [2.75, 3.05) is 25.4 Å². The first-order valence-corrected chi connectivity index (χ1v) is 9.38. The third-order valence-electron chi connectivity index (χ3n) is 3.73. The zero-order chi connectivity index (χ0) is 17.0. The molecule has 2 rings (SSSR count). The highest BCUT2D eigenvalue weighted by Crippen LogP contribution is 2.33. The molecule has 126 valence electrons. The largest absolute Gasteiger partial charge is 0.459 e. The number of carbonyl (C=O) groups is 2. The Morgan fingerprint density at radius 2 is 2.00 bits per heavy atom. The highest BCUT2D eigenvalue weighted by molar-refractivity contribution is 7.91. The van der Waals surface area contributed by atoms with E-state index in [4.69, 9.17) is 11.6 Å². The van der Waals surface area contributed by atoms with Gasteiger partial charge in [0.2, 0.25) is 0 Å². The van der Waals surface area contributed by atoms with Crippen molar-refractivity contribution in [1.82, 2.24) is 4.90 Å². The van der Waals surface area contributed by atoms with Gasteiger partial charge >= 0.3 is 11.9 Å². The van der Waals surface area contributed by atoms with Gasteiger partial charge in [-0.3, -0.25) is 4.79 Å². The summed E-state index contributed by atoms with van der Waals surface area (Å²) in [6, 6.07) is 6.76. The molecule has 1 aromatic rings. The van der Waals surface area contributed by atoms with Gasteiger partial charge in [0.15, 0.2) is 9.84 Å². The Morgan fingerprint density at radius 3 is 2.65 bits per heavy atom. The molecule has 8 heteroatoms. The number of hydrogen-bond donors (Lipinski definition) is 0. The Labute approximate surface area is 140 Å². The summed E-state index contributed by atoms with van der Waals surface area (Å²) in [5, 5.41) is -0.401. The van der Waals surface area contributed by atoms with Gasteiger partial charge in [0.1, 0.15) is 0 Å². The minimum absolute atomic E-state index is 0.0269. The van der Waals surface area contributed by atoms with Gasteiger partial charge in [-0.15, -0.1) is 0 Å². The van der Waals surface area contributed by atoms with Crippen LogP contribution in [0.2, 0.25) is 5.02 Å². The third kappa shape index (κ3) is 4.03. The van der Waals surface area contributed by atoms with Crippen LogP contribution in [0.15, 0.2) is 24.3 Å². The van der Waals surface area contributed by atoms with Gasteiger partial charge in [-0.1, -0.05) is 29.8 Å². The molecule has 0 aromatic heterocycles. The zero-order valence-corrected chi connectivity index (χ0v) is 14.3. The van der Waals surface area contributed by atoms with Crippen molar-refractivity contribution in [1.29, 1.82) is 0 Å². The molecule has 23 heavy (non-hydrogen) atoms. The molecule has 0 saturated carbocycles. The topological polar surface area (TPSA) is 80.8 Å². The van der Waals surface area contributed by atoms with E-state index < -0.39 is 27.0 Å². The minimum Gasteiger partial charge on any atom is -0.459 e. The summed E-state index contributed by atoms with van der Waals surface area (Å²) in [6.07, 6.45) is 0.192. The molecule has 0 spiro atoms. The van der Waals surface area contributed by atoms with E-state index in [9.17, 15) is 18.0 Å². The number of sulfone groups is 1. The van der Waals surface area contributed by atoms with Crippen molar-refractivity contribution in [2.45, 2.75) is 18.6 Å². The summed E-state index contributed by atoms with van der Waals surface area (Å²) in [5.74, 6) is -1.98. The molecule has 1 aliphatic heterocycles. The van der Waals surface area contributed by atoms with Crippen LogP contribution < -0.4 is 0 Å². The second kappa shape index (κ2) is 7.31. The Morgan fingerprint density at radius 1 is 1.30 bits per heavy atom. The molecule has 1 aromatic carbocycles. The van der Waals surface area contributed by atoms with Crippen molar-refractivity contribution in [3.8, 4) is 0 Å². The van der Waals surface area contributed by atoms with Crippen LogP contribution in [0.1, 0.15) is 24.2 Å². The molecule has 0 N–H and O–H groups in total. The lowest BCUT2D eigenvalue weighted by molar-refractivity contribution is -0.159. The van der Waals surface area contributed by atoms with Crippen LogP contribution in [0.3, 0.4) is 0 Å². The van der Waals surface area contributed by atoms with Crippen molar-refractivity contribution in [2.24, 2.45) is 0 Å². The lowest BCUT2D eigenvalue weighted by Gasteiger charge is -2.18. The molecule has 1 unspecified atom stereocenters. The highest BCUT2D eigenvalue weighted by atomic mass is 35.5. The second-order valence-electron chi connectivity index (χ2n) is 5.18. The van der Waals surface area contributed by atoms with E-state index in [1.807, 2.05) is 0 Å². The molecule has 1 atom stereocenters. The van der Waals surface area contributed by atoms with Crippen molar-refractivity contribution in [3.05, 3.63) is 34.9 Å². The Bertz CT molecular complexity index is 704. The number of esters is 1. The van der Waals surface area contributed by atoms with Gasteiger partial charge in [0.05, 0.1) is 17.6 Å². The minimum atomic E-state index is -3.47. The Hall–Kier alpha value is -1.60. The van der Waals surface area contributed by atoms with E-state index in [1.54, 1.807) is 31.2 Å². The fraction of sp³-hybridized carbons (Fsp3) is 0.467. The standard InChI is InChI=1S/C15H18ClNO5S/c1-2-22-15(19)14(18)17-8-7-13(23(20,21)10-9-17)11-5-3-4-6-12(11)16/h3-6,13H,2,7-10H2,1H3. The number of hydrogen-bond acceptors (Lipinski definition) is 5. The Kier molecular flexibility index (Phi) is 5.64. The number of benzene rings is 1. The molecule has 1 aliphatic rings. The maximum Gasteiger partial charge on any atom is 0.397 e. The Balaban J connectivity index is 2.22. The lowest BCUT2D eigenvalue weighted by Crippen LogP contribution is -2.39. The fourth-order valence-electron chi connectivity index (χ4n) is 2.55. The first-order chi connectivity index (χ1) is 10.9. The van der Waals surface area contributed by atoms with Gasteiger partial charge < -0.3 is 9.64 Å². The van der Waals surface area contributed by atoms with Crippen molar-refractivity contribution < 1.29 is 22.7 Å². The predicted octanol–water partition coefficient (Wildman–Crippen LogP) is 1.59. The van der Waals surface area contributed by atoms with E-state index >= 15 is 0 Å². The molecule has 1 amide bonds. The number of carbonyl (C=O) groups excluding carboxylic acids is 2.